The topological polar surface area (TPSA) is 27.3 Å². The number of imidazole rings is 1. The highest BCUT2D eigenvalue weighted by Gasteiger charge is 2.17. The molecule has 4 nitrogen and oxygen atoms in total. The average molecular weight is 416 g/mol. The smallest absolute Gasteiger partial charge is 0.245 e. The SMILES string of the molecule is CCOc1ccccc1OCCn1c[n+](Cc2c(C)cc(C)cc2C)c2ccccc21. The number of benzene rings is 3. The second kappa shape index (κ2) is 9.25. The molecule has 4 rings (SSSR count). The highest BCUT2D eigenvalue weighted by molar-refractivity contribution is 5.71. The number of para-hydroxylation sites is 4. The van der Waals surface area contributed by atoms with Crippen LogP contribution in [0.4, 0.5) is 0 Å². The zero-order valence-electron chi connectivity index (χ0n) is 18.9. The maximum atomic E-state index is 6.07. The Bertz CT molecular complexity index is 1170. The van der Waals surface area contributed by atoms with E-state index in [4.69, 9.17) is 9.47 Å². The van der Waals surface area contributed by atoms with E-state index in [2.05, 4.69) is 72.6 Å². The van der Waals surface area contributed by atoms with Crippen LogP contribution in [-0.4, -0.2) is 17.8 Å². The van der Waals surface area contributed by atoms with Crippen molar-refractivity contribution in [2.75, 3.05) is 13.2 Å². The van der Waals surface area contributed by atoms with Gasteiger partial charge in [-0.3, -0.25) is 0 Å². The molecule has 160 valence electrons. The van der Waals surface area contributed by atoms with Gasteiger partial charge < -0.3 is 9.47 Å². The van der Waals surface area contributed by atoms with E-state index in [1.807, 2.05) is 31.2 Å². The lowest BCUT2D eigenvalue weighted by Crippen LogP contribution is -2.33. The third-order valence-corrected chi connectivity index (χ3v) is 5.69. The fourth-order valence-corrected chi connectivity index (χ4v) is 4.27. The summed E-state index contributed by atoms with van der Waals surface area (Å²) < 4.78 is 16.4. The zero-order chi connectivity index (χ0) is 21.8. The summed E-state index contributed by atoms with van der Waals surface area (Å²) in [4.78, 5) is 0. The summed E-state index contributed by atoms with van der Waals surface area (Å²) in [6.45, 7) is 11.4. The van der Waals surface area contributed by atoms with Crippen LogP contribution in [0, 0.1) is 20.8 Å². The van der Waals surface area contributed by atoms with Crippen LogP contribution in [0.25, 0.3) is 11.0 Å². The minimum Gasteiger partial charge on any atom is -0.490 e. The number of fused-ring (bicyclic) bond motifs is 1. The van der Waals surface area contributed by atoms with Gasteiger partial charge in [0.2, 0.25) is 6.33 Å². The summed E-state index contributed by atoms with van der Waals surface area (Å²) in [7, 11) is 0. The molecule has 0 atom stereocenters. The van der Waals surface area contributed by atoms with Crippen molar-refractivity contribution in [3.05, 3.63) is 89.2 Å². The molecule has 31 heavy (non-hydrogen) atoms. The van der Waals surface area contributed by atoms with Crippen molar-refractivity contribution in [3.63, 3.8) is 0 Å². The van der Waals surface area contributed by atoms with E-state index in [1.54, 1.807) is 0 Å². The Morgan fingerprint density at radius 2 is 1.48 bits per heavy atom. The van der Waals surface area contributed by atoms with Crippen LogP contribution >= 0.6 is 0 Å². The highest BCUT2D eigenvalue weighted by atomic mass is 16.5. The molecule has 0 saturated carbocycles. The number of ether oxygens (including phenoxy) is 2. The summed E-state index contributed by atoms with van der Waals surface area (Å²) in [5, 5.41) is 0. The van der Waals surface area contributed by atoms with Gasteiger partial charge in [-0.2, -0.15) is 0 Å². The first-order valence-electron chi connectivity index (χ1n) is 11.0. The van der Waals surface area contributed by atoms with Crippen LogP contribution in [-0.2, 0) is 13.1 Å². The summed E-state index contributed by atoms with van der Waals surface area (Å²) in [6, 6.07) is 21.0. The molecule has 0 aliphatic rings. The highest BCUT2D eigenvalue weighted by Crippen LogP contribution is 2.26. The van der Waals surface area contributed by atoms with Crippen molar-refractivity contribution >= 4 is 11.0 Å². The second-order valence-corrected chi connectivity index (χ2v) is 8.03. The largest absolute Gasteiger partial charge is 0.490 e. The van der Waals surface area contributed by atoms with Crippen molar-refractivity contribution < 1.29 is 14.0 Å². The molecular weight excluding hydrogens is 384 g/mol. The van der Waals surface area contributed by atoms with Gasteiger partial charge in [0, 0.05) is 0 Å². The number of hydrogen-bond acceptors (Lipinski definition) is 2. The molecular formula is C27H31N2O2+. The Balaban J connectivity index is 1.56. The zero-order valence-corrected chi connectivity index (χ0v) is 18.9. The Morgan fingerprint density at radius 1 is 0.839 bits per heavy atom. The fourth-order valence-electron chi connectivity index (χ4n) is 4.27. The Hall–Kier alpha value is -3.27. The number of aromatic nitrogens is 2. The molecule has 1 aromatic heterocycles. The molecule has 1 heterocycles. The third-order valence-electron chi connectivity index (χ3n) is 5.69. The van der Waals surface area contributed by atoms with Crippen molar-refractivity contribution in [2.45, 2.75) is 40.8 Å². The molecule has 0 saturated heterocycles. The first kappa shape index (κ1) is 21.0. The first-order valence-corrected chi connectivity index (χ1v) is 11.0. The molecule has 4 aromatic rings. The number of hydrogen-bond donors (Lipinski definition) is 0. The molecule has 0 fully saturated rings. The minimum atomic E-state index is 0.575. The van der Waals surface area contributed by atoms with E-state index in [9.17, 15) is 0 Å². The van der Waals surface area contributed by atoms with Crippen molar-refractivity contribution in [1.29, 1.82) is 0 Å². The third kappa shape index (κ3) is 4.58. The normalized spacial score (nSPS) is 11.1. The van der Waals surface area contributed by atoms with Crippen LogP contribution < -0.4 is 14.0 Å². The summed E-state index contributed by atoms with van der Waals surface area (Å²) in [5.74, 6) is 1.59. The second-order valence-electron chi connectivity index (χ2n) is 8.03. The molecule has 0 aliphatic heterocycles. The lowest BCUT2D eigenvalue weighted by atomic mass is 10.00. The van der Waals surface area contributed by atoms with Gasteiger partial charge in [-0.1, -0.05) is 42.0 Å². The predicted octanol–water partition coefficient (Wildman–Crippen LogP) is 5.38. The lowest BCUT2D eigenvalue weighted by Gasteiger charge is -2.10. The van der Waals surface area contributed by atoms with E-state index >= 15 is 0 Å². The summed E-state index contributed by atoms with van der Waals surface area (Å²) in [5.41, 5.74) is 7.84. The quantitative estimate of drug-likeness (QED) is 0.361. The summed E-state index contributed by atoms with van der Waals surface area (Å²) >= 11 is 0. The van der Waals surface area contributed by atoms with E-state index in [1.165, 1.54) is 33.3 Å². The van der Waals surface area contributed by atoms with Gasteiger partial charge in [-0.25, -0.2) is 9.13 Å². The van der Waals surface area contributed by atoms with Crippen LogP contribution in [0.1, 0.15) is 29.2 Å². The molecule has 0 amide bonds. The van der Waals surface area contributed by atoms with E-state index in [0.717, 1.165) is 24.6 Å². The Kier molecular flexibility index (Phi) is 6.26. The fraction of sp³-hybridized carbons (Fsp3) is 0.296. The van der Waals surface area contributed by atoms with Gasteiger partial charge in [0.05, 0.1) is 6.61 Å². The molecule has 0 radical (unpaired) electrons. The van der Waals surface area contributed by atoms with Crippen molar-refractivity contribution in [3.8, 4) is 11.5 Å². The monoisotopic (exact) mass is 415 g/mol. The van der Waals surface area contributed by atoms with Gasteiger partial charge in [0.15, 0.2) is 22.5 Å². The van der Waals surface area contributed by atoms with E-state index in [0.29, 0.717) is 13.2 Å². The van der Waals surface area contributed by atoms with Crippen molar-refractivity contribution in [1.82, 2.24) is 4.57 Å². The minimum absolute atomic E-state index is 0.575. The lowest BCUT2D eigenvalue weighted by molar-refractivity contribution is -0.663. The molecule has 4 heteroatoms. The van der Waals surface area contributed by atoms with Gasteiger partial charge >= 0.3 is 0 Å². The molecule has 0 N–H and O–H groups in total. The van der Waals surface area contributed by atoms with Crippen LogP contribution in [0.2, 0.25) is 0 Å². The number of rotatable bonds is 8. The molecule has 0 unspecified atom stereocenters. The van der Waals surface area contributed by atoms with Crippen LogP contribution in [0.5, 0.6) is 11.5 Å². The number of nitrogens with zero attached hydrogens (tertiary/aromatic N) is 2. The van der Waals surface area contributed by atoms with Gasteiger partial charge in [0.25, 0.3) is 0 Å². The maximum Gasteiger partial charge on any atom is 0.245 e. The van der Waals surface area contributed by atoms with Gasteiger partial charge in [0.1, 0.15) is 19.7 Å². The van der Waals surface area contributed by atoms with Crippen LogP contribution in [0.3, 0.4) is 0 Å². The molecule has 0 bridgehead atoms. The average Bonchev–Trinajstić information content (AvgIpc) is 3.10. The molecule has 0 spiro atoms. The van der Waals surface area contributed by atoms with Crippen molar-refractivity contribution in [2.24, 2.45) is 0 Å². The standard InChI is InChI=1S/C27H31N2O2/c1-5-30-26-12-8-9-13-27(26)31-15-14-28-19-29(25-11-7-6-10-24(25)28)18-23-21(3)16-20(2)17-22(23)4/h6-13,16-17,19H,5,14-15,18H2,1-4H3/q+1. The summed E-state index contributed by atoms with van der Waals surface area (Å²) in [6.07, 6.45) is 2.21. The van der Waals surface area contributed by atoms with Crippen LogP contribution in [0.15, 0.2) is 67.0 Å². The Labute approximate surface area is 184 Å². The first-order chi connectivity index (χ1) is 15.1. The van der Waals surface area contributed by atoms with Gasteiger partial charge in [-0.05, 0) is 68.7 Å². The van der Waals surface area contributed by atoms with E-state index in [-0.39, 0.29) is 0 Å². The van der Waals surface area contributed by atoms with Gasteiger partial charge in [-0.15, -0.1) is 0 Å². The number of aryl methyl sites for hydroxylation is 3. The molecule has 0 aliphatic carbocycles. The maximum absolute atomic E-state index is 6.07. The Morgan fingerprint density at radius 3 is 2.19 bits per heavy atom. The molecule has 3 aromatic carbocycles. The predicted molar refractivity (Wildman–Crippen MR) is 125 cm³/mol. The van der Waals surface area contributed by atoms with E-state index < -0.39 is 0 Å².